The van der Waals surface area contributed by atoms with Crippen molar-refractivity contribution in [3.05, 3.63) is 16.5 Å². The molecule has 1 N–H and O–H groups in total. The van der Waals surface area contributed by atoms with Crippen LogP contribution in [0.5, 0.6) is 0 Å². The second-order valence-corrected chi connectivity index (χ2v) is 7.59. The van der Waals surface area contributed by atoms with Gasteiger partial charge < -0.3 is 14.5 Å². The largest absolute Gasteiger partial charge is 0.452 e. The van der Waals surface area contributed by atoms with E-state index in [2.05, 4.69) is 21.2 Å². The van der Waals surface area contributed by atoms with Gasteiger partial charge in [0.15, 0.2) is 4.67 Å². The van der Waals surface area contributed by atoms with Crippen LogP contribution >= 0.6 is 15.9 Å². The summed E-state index contributed by atoms with van der Waals surface area (Å²) in [5.41, 5.74) is 0. The van der Waals surface area contributed by atoms with E-state index in [1.807, 2.05) is 6.92 Å². The van der Waals surface area contributed by atoms with Crippen molar-refractivity contribution in [3.63, 3.8) is 0 Å². The molecule has 0 radical (unpaired) electrons. The molecule has 1 atom stereocenters. The van der Waals surface area contributed by atoms with Crippen LogP contribution in [-0.4, -0.2) is 45.6 Å². The molecule has 21 heavy (non-hydrogen) atoms. The van der Waals surface area contributed by atoms with E-state index in [0.29, 0.717) is 32.0 Å². The number of nitrogens with zero attached hydrogens (tertiary/aromatic N) is 1. The number of sulfonamides is 1. The van der Waals surface area contributed by atoms with E-state index in [-0.39, 0.29) is 15.7 Å². The molecule has 120 valence electrons. The molecule has 2 heterocycles. The zero-order valence-corrected chi connectivity index (χ0v) is 14.7. The van der Waals surface area contributed by atoms with Gasteiger partial charge in [-0.15, -0.1) is 0 Å². The molecule has 1 aliphatic heterocycles. The fourth-order valence-electron chi connectivity index (χ4n) is 2.47. The second kappa shape index (κ2) is 7.23. The van der Waals surface area contributed by atoms with Gasteiger partial charge in [-0.3, -0.25) is 0 Å². The van der Waals surface area contributed by atoms with Gasteiger partial charge in [0.25, 0.3) is 0 Å². The number of hydrogen-bond acceptors (Lipinski definition) is 5. The molecule has 0 bridgehead atoms. The third-order valence-electron chi connectivity index (χ3n) is 3.42. The van der Waals surface area contributed by atoms with Gasteiger partial charge >= 0.3 is 0 Å². The molecule has 6 nitrogen and oxygen atoms in total. The summed E-state index contributed by atoms with van der Waals surface area (Å²) in [4.78, 5) is 0.185. The average molecular weight is 381 g/mol. The van der Waals surface area contributed by atoms with Gasteiger partial charge in [0.1, 0.15) is 10.7 Å². The topological polar surface area (TPSA) is 71.8 Å². The highest BCUT2D eigenvalue weighted by Gasteiger charge is 2.33. The van der Waals surface area contributed by atoms with Gasteiger partial charge in [-0.1, -0.05) is 0 Å². The lowest BCUT2D eigenvalue weighted by Gasteiger charge is -2.31. The molecule has 1 unspecified atom stereocenters. The lowest BCUT2D eigenvalue weighted by molar-refractivity contribution is 0.0265. The normalized spacial score (nSPS) is 20.8. The minimum Gasteiger partial charge on any atom is -0.452 e. The number of piperidine rings is 1. The lowest BCUT2D eigenvalue weighted by Crippen LogP contribution is -2.43. The van der Waals surface area contributed by atoms with Gasteiger partial charge in [-0.05, 0) is 42.7 Å². The van der Waals surface area contributed by atoms with Gasteiger partial charge in [0, 0.05) is 25.8 Å². The van der Waals surface area contributed by atoms with Crippen LogP contribution in [0, 0.1) is 0 Å². The van der Waals surface area contributed by atoms with E-state index in [0.717, 1.165) is 12.8 Å². The van der Waals surface area contributed by atoms with Crippen LogP contribution in [0.25, 0.3) is 0 Å². The van der Waals surface area contributed by atoms with Gasteiger partial charge in [0.2, 0.25) is 10.0 Å². The monoisotopic (exact) mass is 380 g/mol. The maximum absolute atomic E-state index is 12.7. The van der Waals surface area contributed by atoms with E-state index in [1.54, 1.807) is 13.1 Å². The minimum absolute atomic E-state index is 0.0269. The minimum atomic E-state index is -3.56. The van der Waals surface area contributed by atoms with Crippen molar-refractivity contribution in [2.75, 3.05) is 26.7 Å². The zero-order valence-electron chi connectivity index (χ0n) is 12.3. The Bertz CT molecular complexity index is 571. The van der Waals surface area contributed by atoms with E-state index in [9.17, 15) is 8.42 Å². The first kappa shape index (κ1) is 17.0. The molecular weight excluding hydrogens is 360 g/mol. The third kappa shape index (κ3) is 3.87. The summed E-state index contributed by atoms with van der Waals surface area (Å²) in [6.07, 6.45) is 1.68. The summed E-state index contributed by atoms with van der Waals surface area (Å²) in [6.45, 7) is 3.92. The van der Waals surface area contributed by atoms with Crippen molar-refractivity contribution in [1.82, 2.24) is 9.62 Å². The fraction of sp³-hybridized carbons (Fsp3) is 0.692. The Labute approximate surface area is 134 Å². The van der Waals surface area contributed by atoms with Crippen LogP contribution in [-0.2, 0) is 21.3 Å². The number of halogens is 1. The molecule has 1 fully saturated rings. The predicted molar refractivity (Wildman–Crippen MR) is 82.6 cm³/mol. The van der Waals surface area contributed by atoms with E-state index >= 15 is 0 Å². The van der Waals surface area contributed by atoms with Gasteiger partial charge in [-0.25, -0.2) is 8.42 Å². The Kier molecular flexibility index (Phi) is 5.84. The Morgan fingerprint density at radius 1 is 1.57 bits per heavy atom. The number of furan rings is 1. The molecule has 0 amide bonds. The standard InChI is InChI=1S/C13H21BrN2O4S/c1-3-19-10-5-4-6-16(9-10)21(17,18)12-7-11(8-15-2)20-13(12)14/h7,10,15H,3-6,8-9H2,1-2H3. The highest BCUT2D eigenvalue weighted by atomic mass is 79.9. The molecule has 2 rings (SSSR count). The average Bonchev–Trinajstić information content (AvgIpc) is 2.81. The third-order valence-corrected chi connectivity index (χ3v) is 6.14. The van der Waals surface area contributed by atoms with Crippen molar-refractivity contribution >= 4 is 26.0 Å². The summed E-state index contributed by atoms with van der Waals surface area (Å²) < 4.78 is 38.2. The molecule has 1 aromatic rings. The van der Waals surface area contributed by atoms with Gasteiger partial charge in [0.05, 0.1) is 12.6 Å². The summed E-state index contributed by atoms with van der Waals surface area (Å²) >= 11 is 3.20. The quantitative estimate of drug-likeness (QED) is 0.816. The molecule has 1 aliphatic rings. The zero-order chi connectivity index (χ0) is 15.5. The van der Waals surface area contributed by atoms with Crippen molar-refractivity contribution in [1.29, 1.82) is 0 Å². The number of rotatable bonds is 6. The first-order valence-electron chi connectivity index (χ1n) is 7.03. The van der Waals surface area contributed by atoms with Crippen LogP contribution in [0.2, 0.25) is 0 Å². The highest BCUT2D eigenvalue weighted by molar-refractivity contribution is 9.10. The molecule has 0 aliphatic carbocycles. The van der Waals surface area contributed by atoms with Gasteiger partial charge in [-0.2, -0.15) is 4.31 Å². The predicted octanol–water partition coefficient (Wildman–Crippen LogP) is 1.95. The summed E-state index contributed by atoms with van der Waals surface area (Å²) in [7, 11) is -1.78. The molecule has 0 saturated carbocycles. The summed E-state index contributed by atoms with van der Waals surface area (Å²) in [5, 5.41) is 2.94. The fourth-order valence-corrected chi connectivity index (χ4v) is 4.94. The van der Waals surface area contributed by atoms with Crippen LogP contribution in [0.4, 0.5) is 0 Å². The molecule has 1 aromatic heterocycles. The van der Waals surface area contributed by atoms with Crippen molar-refractivity contribution < 1.29 is 17.6 Å². The molecular formula is C13H21BrN2O4S. The van der Waals surface area contributed by atoms with Crippen LogP contribution in [0.1, 0.15) is 25.5 Å². The van der Waals surface area contributed by atoms with E-state index in [4.69, 9.17) is 9.15 Å². The SMILES string of the molecule is CCOC1CCCN(S(=O)(=O)c2cc(CNC)oc2Br)C1. The van der Waals surface area contributed by atoms with Crippen molar-refractivity contribution in [2.24, 2.45) is 0 Å². The van der Waals surface area contributed by atoms with Crippen molar-refractivity contribution in [3.8, 4) is 0 Å². The smallest absolute Gasteiger partial charge is 0.247 e. The maximum Gasteiger partial charge on any atom is 0.247 e. The Morgan fingerprint density at radius 2 is 2.33 bits per heavy atom. The number of hydrogen-bond donors (Lipinski definition) is 1. The maximum atomic E-state index is 12.7. The first-order valence-corrected chi connectivity index (χ1v) is 9.27. The Hall–Kier alpha value is -0.410. The molecule has 8 heteroatoms. The number of ether oxygens (including phenoxy) is 1. The molecule has 1 saturated heterocycles. The Balaban J connectivity index is 2.20. The van der Waals surface area contributed by atoms with Crippen molar-refractivity contribution in [2.45, 2.75) is 37.3 Å². The lowest BCUT2D eigenvalue weighted by atomic mass is 10.1. The Morgan fingerprint density at radius 3 is 3.00 bits per heavy atom. The van der Waals surface area contributed by atoms with E-state index < -0.39 is 10.0 Å². The highest BCUT2D eigenvalue weighted by Crippen LogP contribution is 2.30. The molecule has 0 aromatic carbocycles. The molecule has 0 spiro atoms. The summed E-state index contributed by atoms with van der Waals surface area (Å²) in [6, 6.07) is 1.57. The van der Waals surface area contributed by atoms with Crippen LogP contribution < -0.4 is 5.32 Å². The number of nitrogens with one attached hydrogen (secondary N) is 1. The second-order valence-electron chi connectivity index (χ2n) is 4.96. The van der Waals surface area contributed by atoms with Crippen LogP contribution in [0.15, 0.2) is 20.0 Å². The summed E-state index contributed by atoms with van der Waals surface area (Å²) in [5.74, 6) is 0.585. The first-order chi connectivity index (χ1) is 9.98. The van der Waals surface area contributed by atoms with Crippen LogP contribution in [0.3, 0.4) is 0 Å². The van der Waals surface area contributed by atoms with E-state index in [1.165, 1.54) is 4.31 Å².